The van der Waals surface area contributed by atoms with Crippen LogP contribution in [0.1, 0.15) is 15.9 Å². The van der Waals surface area contributed by atoms with Gasteiger partial charge < -0.3 is 14.8 Å². The molecule has 0 amide bonds. The zero-order valence-electron chi connectivity index (χ0n) is 11.4. The van der Waals surface area contributed by atoms with E-state index in [-0.39, 0.29) is 0 Å². The number of pyridine rings is 1. The average molecular weight is 272 g/mol. The monoisotopic (exact) mass is 272 g/mol. The molecule has 0 bridgehead atoms. The minimum Gasteiger partial charge on any atom is -0.465 e. The summed E-state index contributed by atoms with van der Waals surface area (Å²) >= 11 is 0. The number of ether oxygens (including phenoxy) is 2. The van der Waals surface area contributed by atoms with E-state index in [1.54, 1.807) is 12.1 Å². The predicted octanol–water partition coefficient (Wildman–Crippen LogP) is 2.38. The molecule has 1 heterocycles. The van der Waals surface area contributed by atoms with E-state index in [2.05, 4.69) is 15.0 Å². The van der Waals surface area contributed by atoms with E-state index in [1.165, 1.54) is 13.3 Å². The van der Waals surface area contributed by atoms with Gasteiger partial charge in [-0.1, -0.05) is 12.1 Å². The average Bonchev–Trinajstić information content (AvgIpc) is 2.47. The van der Waals surface area contributed by atoms with Crippen LogP contribution in [0.4, 0.5) is 0 Å². The van der Waals surface area contributed by atoms with Gasteiger partial charge in [0.15, 0.2) is 0 Å². The van der Waals surface area contributed by atoms with Crippen LogP contribution in [0.5, 0.6) is 11.6 Å². The molecule has 0 aliphatic heterocycles. The van der Waals surface area contributed by atoms with Crippen molar-refractivity contribution in [3.05, 3.63) is 53.7 Å². The third-order valence-corrected chi connectivity index (χ3v) is 2.66. The molecule has 2 aromatic rings. The topological polar surface area (TPSA) is 60.5 Å². The van der Waals surface area contributed by atoms with Crippen molar-refractivity contribution in [3.8, 4) is 11.6 Å². The minimum atomic E-state index is -0.416. The lowest BCUT2D eigenvalue weighted by molar-refractivity contribution is 0.0600. The van der Waals surface area contributed by atoms with E-state index in [0.29, 0.717) is 17.2 Å². The van der Waals surface area contributed by atoms with Crippen LogP contribution in [-0.4, -0.2) is 25.1 Å². The highest BCUT2D eigenvalue weighted by atomic mass is 16.5. The standard InChI is InChI=1S/C15H16N2O3/c1-16-10-11-4-3-5-13(8-11)20-14-9-12(6-7-17-14)15(18)19-2/h3-9,16H,10H2,1-2H3. The molecular weight excluding hydrogens is 256 g/mol. The molecule has 20 heavy (non-hydrogen) atoms. The molecule has 1 aromatic heterocycles. The van der Waals surface area contributed by atoms with Gasteiger partial charge >= 0.3 is 5.97 Å². The summed E-state index contributed by atoms with van der Waals surface area (Å²) in [7, 11) is 3.22. The van der Waals surface area contributed by atoms with Crippen molar-refractivity contribution in [3.63, 3.8) is 0 Å². The fraction of sp³-hybridized carbons (Fsp3) is 0.200. The molecule has 0 fully saturated rings. The normalized spacial score (nSPS) is 10.1. The van der Waals surface area contributed by atoms with Crippen molar-refractivity contribution in [1.29, 1.82) is 0 Å². The lowest BCUT2D eigenvalue weighted by Gasteiger charge is -2.07. The molecule has 0 spiro atoms. The van der Waals surface area contributed by atoms with Crippen molar-refractivity contribution in [1.82, 2.24) is 10.3 Å². The molecule has 104 valence electrons. The number of hydrogen-bond donors (Lipinski definition) is 1. The molecule has 1 N–H and O–H groups in total. The molecule has 2 rings (SSSR count). The Labute approximate surface area is 117 Å². The third-order valence-electron chi connectivity index (χ3n) is 2.66. The van der Waals surface area contributed by atoms with Crippen LogP contribution in [-0.2, 0) is 11.3 Å². The Balaban J connectivity index is 2.17. The smallest absolute Gasteiger partial charge is 0.338 e. The number of carbonyl (C=O) groups excluding carboxylic acids is 1. The number of benzene rings is 1. The van der Waals surface area contributed by atoms with Gasteiger partial charge in [0.05, 0.1) is 12.7 Å². The Bertz CT molecular complexity index is 599. The van der Waals surface area contributed by atoms with Crippen LogP contribution in [0.25, 0.3) is 0 Å². The van der Waals surface area contributed by atoms with E-state index >= 15 is 0 Å². The molecule has 5 nitrogen and oxygen atoms in total. The van der Waals surface area contributed by atoms with Gasteiger partial charge in [0.1, 0.15) is 5.75 Å². The number of carbonyl (C=O) groups is 1. The van der Waals surface area contributed by atoms with Crippen molar-refractivity contribution >= 4 is 5.97 Å². The van der Waals surface area contributed by atoms with Crippen LogP contribution < -0.4 is 10.1 Å². The highest BCUT2D eigenvalue weighted by Gasteiger charge is 2.08. The largest absolute Gasteiger partial charge is 0.465 e. The Morgan fingerprint density at radius 2 is 2.15 bits per heavy atom. The fourth-order valence-corrected chi connectivity index (χ4v) is 1.75. The van der Waals surface area contributed by atoms with E-state index in [1.807, 2.05) is 31.3 Å². The second-order valence-electron chi connectivity index (χ2n) is 4.15. The second kappa shape index (κ2) is 6.68. The summed E-state index contributed by atoms with van der Waals surface area (Å²) in [5.74, 6) is 0.614. The summed E-state index contributed by atoms with van der Waals surface area (Å²) in [6.07, 6.45) is 1.51. The van der Waals surface area contributed by atoms with Crippen LogP contribution in [0, 0.1) is 0 Å². The maximum absolute atomic E-state index is 11.4. The number of esters is 1. The van der Waals surface area contributed by atoms with Crippen molar-refractivity contribution in [2.75, 3.05) is 14.2 Å². The van der Waals surface area contributed by atoms with Gasteiger partial charge in [-0.05, 0) is 30.8 Å². The molecule has 1 aromatic carbocycles. The van der Waals surface area contributed by atoms with E-state index in [4.69, 9.17) is 4.74 Å². The SMILES string of the molecule is CNCc1cccc(Oc2cc(C(=O)OC)ccn2)c1. The molecule has 0 aliphatic carbocycles. The molecule has 0 aliphatic rings. The molecule has 5 heteroatoms. The van der Waals surface area contributed by atoms with Gasteiger partial charge in [-0.3, -0.25) is 0 Å². The number of hydrogen-bond acceptors (Lipinski definition) is 5. The van der Waals surface area contributed by atoms with E-state index < -0.39 is 5.97 Å². The highest BCUT2D eigenvalue weighted by Crippen LogP contribution is 2.21. The first-order valence-electron chi connectivity index (χ1n) is 6.18. The van der Waals surface area contributed by atoms with Gasteiger partial charge in [-0.15, -0.1) is 0 Å². The molecule has 0 unspecified atom stereocenters. The molecular formula is C15H16N2O3. The number of nitrogens with one attached hydrogen (secondary N) is 1. The summed E-state index contributed by atoms with van der Waals surface area (Å²) < 4.78 is 10.3. The highest BCUT2D eigenvalue weighted by molar-refractivity contribution is 5.89. The summed E-state index contributed by atoms with van der Waals surface area (Å²) in [6.45, 7) is 0.757. The molecule has 0 saturated heterocycles. The quantitative estimate of drug-likeness (QED) is 0.847. The molecule has 0 radical (unpaired) electrons. The maximum Gasteiger partial charge on any atom is 0.338 e. The number of nitrogens with zero attached hydrogens (tertiary/aromatic N) is 1. The Morgan fingerprint density at radius 3 is 2.90 bits per heavy atom. The Hall–Kier alpha value is -2.40. The minimum absolute atomic E-state index is 0.356. The van der Waals surface area contributed by atoms with Gasteiger partial charge in [-0.25, -0.2) is 9.78 Å². The maximum atomic E-state index is 11.4. The zero-order chi connectivity index (χ0) is 14.4. The Morgan fingerprint density at radius 1 is 1.30 bits per heavy atom. The van der Waals surface area contributed by atoms with Crippen molar-refractivity contribution in [2.24, 2.45) is 0 Å². The van der Waals surface area contributed by atoms with Crippen LogP contribution in [0.2, 0.25) is 0 Å². The van der Waals surface area contributed by atoms with Gasteiger partial charge in [0.2, 0.25) is 5.88 Å². The van der Waals surface area contributed by atoms with E-state index in [9.17, 15) is 4.79 Å². The first-order chi connectivity index (χ1) is 9.72. The summed E-state index contributed by atoms with van der Waals surface area (Å²) in [4.78, 5) is 15.5. The first kappa shape index (κ1) is 14.0. The molecule has 0 saturated carbocycles. The summed E-state index contributed by atoms with van der Waals surface area (Å²) in [5.41, 5.74) is 1.51. The summed E-state index contributed by atoms with van der Waals surface area (Å²) in [5, 5.41) is 3.07. The number of aromatic nitrogens is 1. The van der Waals surface area contributed by atoms with Crippen molar-refractivity contribution in [2.45, 2.75) is 6.54 Å². The van der Waals surface area contributed by atoms with E-state index in [0.717, 1.165) is 12.1 Å². The number of methoxy groups -OCH3 is 1. The first-order valence-corrected chi connectivity index (χ1v) is 6.18. The fourth-order valence-electron chi connectivity index (χ4n) is 1.75. The summed E-state index contributed by atoms with van der Waals surface area (Å²) in [6, 6.07) is 10.8. The van der Waals surface area contributed by atoms with Gasteiger partial charge in [0.25, 0.3) is 0 Å². The second-order valence-corrected chi connectivity index (χ2v) is 4.15. The van der Waals surface area contributed by atoms with Crippen LogP contribution in [0.3, 0.4) is 0 Å². The lowest BCUT2D eigenvalue weighted by Crippen LogP contribution is -2.05. The van der Waals surface area contributed by atoms with Crippen molar-refractivity contribution < 1.29 is 14.3 Å². The number of rotatable bonds is 5. The predicted molar refractivity (Wildman–Crippen MR) is 74.9 cm³/mol. The van der Waals surface area contributed by atoms with Gasteiger partial charge in [0, 0.05) is 18.8 Å². The van der Waals surface area contributed by atoms with Gasteiger partial charge in [-0.2, -0.15) is 0 Å². The van der Waals surface area contributed by atoms with Crippen LogP contribution in [0.15, 0.2) is 42.6 Å². The molecule has 0 atom stereocenters. The zero-order valence-corrected chi connectivity index (χ0v) is 11.4. The third kappa shape index (κ3) is 3.55. The lowest BCUT2D eigenvalue weighted by atomic mass is 10.2. The Kier molecular flexibility index (Phi) is 4.68. The van der Waals surface area contributed by atoms with Crippen LogP contribution >= 0.6 is 0 Å².